The molecule has 2 aromatic carbocycles. The van der Waals surface area contributed by atoms with Gasteiger partial charge in [-0.2, -0.15) is 10.2 Å². The third-order valence-electron chi connectivity index (χ3n) is 5.76. The zero-order valence-corrected chi connectivity index (χ0v) is 17.4. The second-order valence-corrected chi connectivity index (χ2v) is 7.97. The molecule has 1 N–H and O–H groups in total. The predicted molar refractivity (Wildman–Crippen MR) is 117 cm³/mol. The SMILES string of the molecule is Cc1nc2n(n1)CC(NCc1cn(-c3ccccc3)nc1-c1ccccc1C)CC2. The van der Waals surface area contributed by atoms with Crippen molar-refractivity contribution in [1.82, 2.24) is 29.9 Å². The molecule has 3 heterocycles. The number of benzene rings is 2. The molecule has 0 bridgehead atoms. The molecular formula is C24H26N6. The second kappa shape index (κ2) is 7.88. The summed E-state index contributed by atoms with van der Waals surface area (Å²) in [6.45, 7) is 5.73. The predicted octanol–water partition coefficient (Wildman–Crippen LogP) is 3.85. The molecule has 0 radical (unpaired) electrons. The molecule has 5 rings (SSSR count). The summed E-state index contributed by atoms with van der Waals surface area (Å²) in [5.74, 6) is 1.96. The first-order chi connectivity index (χ1) is 14.7. The van der Waals surface area contributed by atoms with Crippen molar-refractivity contribution < 1.29 is 0 Å². The Kier molecular flexibility index (Phi) is 4.93. The highest BCUT2D eigenvalue weighted by atomic mass is 15.4. The van der Waals surface area contributed by atoms with Crippen LogP contribution in [0.25, 0.3) is 16.9 Å². The van der Waals surface area contributed by atoms with Gasteiger partial charge < -0.3 is 5.32 Å². The van der Waals surface area contributed by atoms with Crippen LogP contribution in [0, 0.1) is 13.8 Å². The van der Waals surface area contributed by atoms with Gasteiger partial charge in [0.2, 0.25) is 0 Å². The van der Waals surface area contributed by atoms with Gasteiger partial charge in [0.1, 0.15) is 11.6 Å². The summed E-state index contributed by atoms with van der Waals surface area (Å²) in [4.78, 5) is 4.52. The number of fused-ring (bicyclic) bond motifs is 1. The van der Waals surface area contributed by atoms with Crippen molar-refractivity contribution in [2.24, 2.45) is 0 Å². The summed E-state index contributed by atoms with van der Waals surface area (Å²) < 4.78 is 4.03. The van der Waals surface area contributed by atoms with Crippen LogP contribution in [0.5, 0.6) is 0 Å². The minimum Gasteiger partial charge on any atom is -0.308 e. The largest absolute Gasteiger partial charge is 0.308 e. The quantitative estimate of drug-likeness (QED) is 0.555. The van der Waals surface area contributed by atoms with Crippen molar-refractivity contribution in [3.63, 3.8) is 0 Å². The van der Waals surface area contributed by atoms with E-state index in [9.17, 15) is 0 Å². The zero-order valence-electron chi connectivity index (χ0n) is 17.4. The number of rotatable bonds is 5. The Bertz CT molecular complexity index is 1160. The lowest BCUT2D eigenvalue weighted by molar-refractivity contribution is 0.358. The average molecular weight is 399 g/mol. The lowest BCUT2D eigenvalue weighted by atomic mass is 10.0. The number of hydrogen-bond donors (Lipinski definition) is 1. The Morgan fingerprint density at radius 1 is 1.00 bits per heavy atom. The van der Waals surface area contributed by atoms with Crippen LogP contribution >= 0.6 is 0 Å². The fourth-order valence-electron chi connectivity index (χ4n) is 4.17. The number of nitrogens with zero attached hydrogens (tertiary/aromatic N) is 5. The lowest BCUT2D eigenvalue weighted by Gasteiger charge is -2.23. The molecule has 0 saturated carbocycles. The second-order valence-electron chi connectivity index (χ2n) is 7.97. The van der Waals surface area contributed by atoms with E-state index in [4.69, 9.17) is 5.10 Å². The Morgan fingerprint density at radius 3 is 2.63 bits per heavy atom. The van der Waals surface area contributed by atoms with Crippen molar-refractivity contribution in [3.05, 3.63) is 83.6 Å². The van der Waals surface area contributed by atoms with E-state index in [0.717, 1.165) is 49.0 Å². The highest BCUT2D eigenvalue weighted by molar-refractivity contribution is 5.66. The van der Waals surface area contributed by atoms with Crippen LogP contribution in [0.4, 0.5) is 0 Å². The third-order valence-corrected chi connectivity index (χ3v) is 5.76. The summed E-state index contributed by atoms with van der Waals surface area (Å²) in [6, 6.07) is 19.1. The van der Waals surface area contributed by atoms with Crippen molar-refractivity contribution in [1.29, 1.82) is 0 Å². The Labute approximate surface area is 176 Å². The van der Waals surface area contributed by atoms with E-state index in [2.05, 4.69) is 64.9 Å². The van der Waals surface area contributed by atoms with Crippen molar-refractivity contribution in [2.75, 3.05) is 0 Å². The van der Waals surface area contributed by atoms with Gasteiger partial charge in [-0.15, -0.1) is 0 Å². The zero-order chi connectivity index (χ0) is 20.5. The molecule has 0 amide bonds. The van der Waals surface area contributed by atoms with Crippen molar-refractivity contribution in [3.8, 4) is 16.9 Å². The fourth-order valence-corrected chi connectivity index (χ4v) is 4.17. The maximum atomic E-state index is 4.96. The first kappa shape index (κ1) is 18.8. The maximum absolute atomic E-state index is 4.96. The van der Waals surface area contributed by atoms with Crippen molar-refractivity contribution >= 4 is 0 Å². The van der Waals surface area contributed by atoms with E-state index in [-0.39, 0.29) is 0 Å². The molecule has 6 heteroatoms. The Hall–Kier alpha value is -3.25. The standard InChI is InChI=1S/C24H26N6/c1-17-8-6-7-11-22(17)24-19(15-29(28-24)21-9-4-3-5-10-21)14-25-20-12-13-23-26-18(2)27-30(23)16-20/h3-11,15,20,25H,12-14,16H2,1-2H3. The molecule has 2 aromatic heterocycles. The molecule has 0 saturated heterocycles. The van der Waals surface area contributed by atoms with Gasteiger partial charge in [-0.3, -0.25) is 0 Å². The van der Waals surface area contributed by atoms with Gasteiger partial charge in [0.05, 0.1) is 17.9 Å². The van der Waals surface area contributed by atoms with Gasteiger partial charge in [0.25, 0.3) is 0 Å². The highest BCUT2D eigenvalue weighted by Gasteiger charge is 2.21. The summed E-state index contributed by atoms with van der Waals surface area (Å²) in [7, 11) is 0. The molecule has 4 aromatic rings. The van der Waals surface area contributed by atoms with Crippen LogP contribution in [-0.4, -0.2) is 30.6 Å². The van der Waals surface area contributed by atoms with Gasteiger partial charge in [-0.25, -0.2) is 14.3 Å². The molecule has 6 nitrogen and oxygen atoms in total. The van der Waals surface area contributed by atoms with E-state index in [1.165, 1.54) is 16.7 Å². The van der Waals surface area contributed by atoms with E-state index in [1.807, 2.05) is 34.5 Å². The minimum absolute atomic E-state index is 0.378. The Balaban J connectivity index is 1.42. The molecule has 0 fully saturated rings. The molecule has 152 valence electrons. The molecule has 1 aliphatic rings. The molecule has 1 unspecified atom stereocenters. The molecule has 30 heavy (non-hydrogen) atoms. The monoisotopic (exact) mass is 398 g/mol. The Morgan fingerprint density at radius 2 is 1.80 bits per heavy atom. The van der Waals surface area contributed by atoms with E-state index in [0.29, 0.717) is 6.04 Å². The molecule has 1 atom stereocenters. The first-order valence-corrected chi connectivity index (χ1v) is 10.5. The van der Waals surface area contributed by atoms with E-state index in [1.54, 1.807) is 0 Å². The number of hydrogen-bond acceptors (Lipinski definition) is 4. The molecule has 0 aliphatic carbocycles. The third kappa shape index (κ3) is 3.66. The van der Waals surface area contributed by atoms with Crippen LogP contribution in [0.15, 0.2) is 60.8 Å². The number of nitrogens with one attached hydrogen (secondary N) is 1. The summed E-state index contributed by atoms with van der Waals surface area (Å²) in [5, 5.41) is 13.2. The van der Waals surface area contributed by atoms with Gasteiger partial charge in [-0.1, -0.05) is 42.5 Å². The topological polar surface area (TPSA) is 60.6 Å². The van der Waals surface area contributed by atoms with Gasteiger partial charge >= 0.3 is 0 Å². The maximum Gasteiger partial charge on any atom is 0.147 e. The van der Waals surface area contributed by atoms with Gasteiger partial charge in [0, 0.05) is 36.3 Å². The smallest absolute Gasteiger partial charge is 0.147 e. The van der Waals surface area contributed by atoms with Crippen LogP contribution in [0.3, 0.4) is 0 Å². The number of aryl methyl sites for hydroxylation is 3. The first-order valence-electron chi connectivity index (χ1n) is 10.5. The lowest BCUT2D eigenvalue weighted by Crippen LogP contribution is -2.37. The summed E-state index contributed by atoms with van der Waals surface area (Å²) >= 11 is 0. The van der Waals surface area contributed by atoms with Crippen LogP contribution in [0.1, 0.15) is 29.2 Å². The van der Waals surface area contributed by atoms with Gasteiger partial charge in [-0.05, 0) is 38.0 Å². The number of para-hydroxylation sites is 1. The number of aromatic nitrogens is 5. The average Bonchev–Trinajstić information content (AvgIpc) is 3.35. The van der Waals surface area contributed by atoms with E-state index < -0.39 is 0 Å². The fraction of sp³-hybridized carbons (Fsp3) is 0.292. The van der Waals surface area contributed by atoms with Crippen LogP contribution < -0.4 is 5.32 Å². The molecular weight excluding hydrogens is 372 g/mol. The molecule has 1 aliphatic heterocycles. The van der Waals surface area contributed by atoms with E-state index >= 15 is 0 Å². The van der Waals surface area contributed by atoms with Crippen LogP contribution in [-0.2, 0) is 19.5 Å². The van der Waals surface area contributed by atoms with Crippen molar-refractivity contribution in [2.45, 2.75) is 45.8 Å². The van der Waals surface area contributed by atoms with Crippen LogP contribution in [0.2, 0.25) is 0 Å². The molecule has 0 spiro atoms. The van der Waals surface area contributed by atoms with Gasteiger partial charge in [0.15, 0.2) is 0 Å². The summed E-state index contributed by atoms with van der Waals surface area (Å²) in [6.07, 6.45) is 4.19. The highest BCUT2D eigenvalue weighted by Crippen LogP contribution is 2.27. The minimum atomic E-state index is 0.378. The normalized spacial score (nSPS) is 15.9. The summed E-state index contributed by atoms with van der Waals surface area (Å²) in [5.41, 5.74) is 5.73.